The van der Waals surface area contributed by atoms with Crippen molar-refractivity contribution in [3.05, 3.63) is 35.4 Å². The molecule has 6 nitrogen and oxygen atoms in total. The van der Waals surface area contributed by atoms with Crippen molar-refractivity contribution in [1.29, 1.82) is 0 Å². The number of carboxylic acids is 1. The first kappa shape index (κ1) is 18.7. The second-order valence-corrected chi connectivity index (χ2v) is 7.39. The lowest BCUT2D eigenvalue weighted by Gasteiger charge is -2.44. The molecule has 0 spiro atoms. The van der Waals surface area contributed by atoms with E-state index in [-0.39, 0.29) is 30.7 Å². The fourth-order valence-electron chi connectivity index (χ4n) is 4.12. The highest BCUT2D eigenvalue weighted by Gasteiger charge is 2.36. The monoisotopic (exact) mass is 359 g/mol. The van der Waals surface area contributed by atoms with Gasteiger partial charge in [0.2, 0.25) is 0 Å². The Labute approximate surface area is 155 Å². The summed E-state index contributed by atoms with van der Waals surface area (Å²) >= 11 is 0. The van der Waals surface area contributed by atoms with Crippen LogP contribution in [0.2, 0.25) is 0 Å². The number of carbonyl (C=O) groups excluding carboxylic acids is 1. The van der Waals surface area contributed by atoms with Crippen LogP contribution in [0.1, 0.15) is 44.2 Å². The van der Waals surface area contributed by atoms with Gasteiger partial charge < -0.3 is 15.3 Å². The molecule has 2 aliphatic rings. The summed E-state index contributed by atoms with van der Waals surface area (Å²) in [4.78, 5) is 27.7. The van der Waals surface area contributed by atoms with Gasteiger partial charge in [-0.25, -0.2) is 4.79 Å². The van der Waals surface area contributed by atoms with Crippen molar-refractivity contribution in [3.8, 4) is 0 Å². The van der Waals surface area contributed by atoms with Gasteiger partial charge in [-0.2, -0.15) is 0 Å². The van der Waals surface area contributed by atoms with E-state index >= 15 is 0 Å². The van der Waals surface area contributed by atoms with E-state index in [4.69, 9.17) is 5.11 Å². The fourth-order valence-corrected chi connectivity index (χ4v) is 4.12. The Hall–Kier alpha value is -2.08. The van der Waals surface area contributed by atoms with E-state index in [1.54, 1.807) is 0 Å². The van der Waals surface area contributed by atoms with Crippen molar-refractivity contribution < 1.29 is 14.7 Å². The Morgan fingerprint density at radius 1 is 1.23 bits per heavy atom. The summed E-state index contributed by atoms with van der Waals surface area (Å²) in [7, 11) is 0. The van der Waals surface area contributed by atoms with Crippen molar-refractivity contribution >= 4 is 12.0 Å². The van der Waals surface area contributed by atoms with E-state index in [0.717, 1.165) is 32.2 Å². The highest BCUT2D eigenvalue weighted by atomic mass is 16.4. The lowest BCUT2D eigenvalue weighted by Crippen LogP contribution is -2.58. The number of fused-ring (bicyclic) bond motifs is 1. The summed E-state index contributed by atoms with van der Waals surface area (Å²) in [5.41, 5.74) is 2.58. The van der Waals surface area contributed by atoms with Crippen molar-refractivity contribution in [3.63, 3.8) is 0 Å². The number of hydrogen-bond donors (Lipinski definition) is 2. The van der Waals surface area contributed by atoms with Crippen molar-refractivity contribution in [2.24, 2.45) is 0 Å². The molecule has 2 N–H and O–H groups in total. The van der Waals surface area contributed by atoms with Gasteiger partial charge >= 0.3 is 12.0 Å². The van der Waals surface area contributed by atoms with Gasteiger partial charge in [0, 0.05) is 24.7 Å². The van der Waals surface area contributed by atoms with E-state index in [9.17, 15) is 9.59 Å². The van der Waals surface area contributed by atoms with Crippen LogP contribution in [0, 0.1) is 0 Å². The van der Waals surface area contributed by atoms with Gasteiger partial charge in [-0.3, -0.25) is 9.69 Å². The SMILES string of the molecule is CCC1Cc2ccccc2CN1C(=O)NC1CC(N(CC)CC(=O)O)C1. The highest BCUT2D eigenvalue weighted by molar-refractivity contribution is 5.75. The van der Waals surface area contributed by atoms with Crippen LogP contribution in [0.5, 0.6) is 0 Å². The predicted molar refractivity (Wildman–Crippen MR) is 100.0 cm³/mol. The molecule has 3 rings (SSSR count). The van der Waals surface area contributed by atoms with E-state index < -0.39 is 5.97 Å². The molecule has 0 aromatic heterocycles. The molecule has 0 bridgehead atoms. The van der Waals surface area contributed by atoms with E-state index in [1.807, 2.05) is 22.8 Å². The number of hydrogen-bond acceptors (Lipinski definition) is 3. The first-order valence-electron chi connectivity index (χ1n) is 9.61. The third kappa shape index (κ3) is 4.01. The normalized spacial score (nSPS) is 24.7. The van der Waals surface area contributed by atoms with E-state index in [0.29, 0.717) is 6.54 Å². The Morgan fingerprint density at radius 3 is 2.54 bits per heavy atom. The van der Waals surface area contributed by atoms with Crippen LogP contribution in [0.15, 0.2) is 24.3 Å². The second kappa shape index (κ2) is 8.08. The van der Waals surface area contributed by atoms with Crippen LogP contribution in [0.3, 0.4) is 0 Å². The molecule has 1 heterocycles. The maximum Gasteiger partial charge on any atom is 0.318 e. The largest absolute Gasteiger partial charge is 0.480 e. The molecule has 1 saturated carbocycles. The molecule has 2 amide bonds. The fraction of sp³-hybridized carbons (Fsp3) is 0.600. The molecular formula is C20H29N3O3. The highest BCUT2D eigenvalue weighted by Crippen LogP contribution is 2.28. The Kier molecular flexibility index (Phi) is 5.81. The van der Waals surface area contributed by atoms with Gasteiger partial charge in [0.1, 0.15) is 0 Å². The zero-order chi connectivity index (χ0) is 18.7. The molecule has 1 fully saturated rings. The number of likely N-dealkylation sites (N-methyl/N-ethyl adjacent to an activating group) is 1. The number of aliphatic carboxylic acids is 1. The lowest BCUT2D eigenvalue weighted by atomic mass is 9.85. The Balaban J connectivity index is 1.55. The van der Waals surface area contributed by atoms with Crippen LogP contribution in [0.4, 0.5) is 4.79 Å². The van der Waals surface area contributed by atoms with Gasteiger partial charge in [-0.05, 0) is 43.4 Å². The molecule has 1 aliphatic heterocycles. The summed E-state index contributed by atoms with van der Waals surface area (Å²) < 4.78 is 0. The average Bonchev–Trinajstić information content (AvgIpc) is 2.61. The Bertz CT molecular complexity index is 657. The summed E-state index contributed by atoms with van der Waals surface area (Å²) in [5.74, 6) is -0.794. The molecule has 0 saturated heterocycles. The zero-order valence-electron chi connectivity index (χ0n) is 15.6. The molecule has 26 heavy (non-hydrogen) atoms. The average molecular weight is 359 g/mol. The predicted octanol–water partition coefficient (Wildman–Crippen LogP) is 2.47. The van der Waals surface area contributed by atoms with Crippen LogP contribution >= 0.6 is 0 Å². The molecule has 1 aliphatic carbocycles. The van der Waals surface area contributed by atoms with Crippen LogP contribution in [-0.2, 0) is 17.8 Å². The summed E-state index contributed by atoms with van der Waals surface area (Å²) in [5, 5.41) is 12.1. The maximum atomic E-state index is 12.8. The minimum atomic E-state index is -0.794. The standard InChI is InChI=1S/C20H29N3O3/c1-3-17-9-14-7-5-6-8-15(14)12-23(17)20(26)21-16-10-18(11-16)22(4-2)13-19(24)25/h5-8,16-18H,3-4,9-13H2,1-2H3,(H,21,26)(H,24,25). The number of rotatable bonds is 6. The smallest absolute Gasteiger partial charge is 0.318 e. The zero-order valence-corrected chi connectivity index (χ0v) is 15.6. The number of amides is 2. The van der Waals surface area contributed by atoms with Crippen LogP contribution in [-0.4, -0.2) is 58.1 Å². The number of benzene rings is 1. The summed E-state index contributed by atoms with van der Waals surface area (Å²) in [6.45, 7) is 5.56. The van der Waals surface area contributed by atoms with Gasteiger partial charge in [0.05, 0.1) is 6.54 Å². The Morgan fingerprint density at radius 2 is 1.92 bits per heavy atom. The van der Waals surface area contributed by atoms with Crippen molar-refractivity contribution in [1.82, 2.24) is 15.1 Å². The summed E-state index contributed by atoms with van der Waals surface area (Å²) in [6.07, 6.45) is 3.51. The molecule has 1 unspecified atom stereocenters. The molecule has 1 aromatic carbocycles. The minimum Gasteiger partial charge on any atom is -0.480 e. The first-order valence-corrected chi connectivity index (χ1v) is 9.61. The lowest BCUT2D eigenvalue weighted by molar-refractivity contribution is -0.139. The molecular weight excluding hydrogens is 330 g/mol. The molecule has 142 valence electrons. The first-order chi connectivity index (χ1) is 12.5. The number of urea groups is 1. The molecule has 6 heteroatoms. The van der Waals surface area contributed by atoms with Crippen LogP contribution < -0.4 is 5.32 Å². The minimum absolute atomic E-state index is 0.0103. The number of nitrogens with one attached hydrogen (secondary N) is 1. The third-order valence-electron chi connectivity index (χ3n) is 5.79. The van der Waals surface area contributed by atoms with Crippen molar-refractivity contribution in [2.75, 3.05) is 13.1 Å². The van der Waals surface area contributed by atoms with Gasteiger partial charge in [-0.1, -0.05) is 38.1 Å². The van der Waals surface area contributed by atoms with Gasteiger partial charge in [0.25, 0.3) is 0 Å². The maximum absolute atomic E-state index is 12.8. The van der Waals surface area contributed by atoms with Gasteiger partial charge in [0.15, 0.2) is 0 Å². The third-order valence-corrected chi connectivity index (χ3v) is 5.79. The summed E-state index contributed by atoms with van der Waals surface area (Å²) in [6, 6.07) is 9.00. The molecule has 1 aromatic rings. The van der Waals surface area contributed by atoms with Crippen LogP contribution in [0.25, 0.3) is 0 Å². The van der Waals surface area contributed by atoms with Gasteiger partial charge in [-0.15, -0.1) is 0 Å². The number of carboxylic acid groups (broad SMARTS) is 1. The topological polar surface area (TPSA) is 72.9 Å². The van der Waals surface area contributed by atoms with Crippen molar-refractivity contribution in [2.45, 2.75) is 64.2 Å². The second-order valence-electron chi connectivity index (χ2n) is 7.39. The number of carbonyl (C=O) groups is 2. The van der Waals surface area contributed by atoms with E-state index in [1.165, 1.54) is 11.1 Å². The number of nitrogens with zero attached hydrogens (tertiary/aromatic N) is 2. The quantitative estimate of drug-likeness (QED) is 0.818. The molecule has 1 atom stereocenters. The van der Waals surface area contributed by atoms with E-state index in [2.05, 4.69) is 30.4 Å². The molecule has 0 radical (unpaired) electrons.